The quantitative estimate of drug-likeness (QED) is 0.818. The van der Waals surface area contributed by atoms with Gasteiger partial charge in [-0.25, -0.2) is 0 Å². The van der Waals surface area contributed by atoms with Gasteiger partial charge in [-0.05, 0) is 17.0 Å². The topological polar surface area (TPSA) is 46.6 Å². The van der Waals surface area contributed by atoms with Crippen molar-refractivity contribution in [3.05, 3.63) is 57.8 Å². The molecule has 2 aromatic rings. The van der Waals surface area contributed by atoms with Gasteiger partial charge in [0.05, 0.1) is 19.1 Å². The third kappa shape index (κ3) is 3.35. The summed E-state index contributed by atoms with van der Waals surface area (Å²) in [5, 5.41) is 2.00. The number of benzene rings is 1. The van der Waals surface area contributed by atoms with Gasteiger partial charge in [0.15, 0.2) is 5.78 Å². The van der Waals surface area contributed by atoms with E-state index in [1.54, 1.807) is 23.3 Å². The lowest BCUT2D eigenvalue weighted by molar-refractivity contribution is -0.134. The highest BCUT2D eigenvalue weighted by molar-refractivity contribution is 7.09. The van der Waals surface area contributed by atoms with Crippen LogP contribution < -0.4 is 0 Å². The van der Waals surface area contributed by atoms with Crippen molar-refractivity contribution < 1.29 is 14.3 Å². The number of hydrogen-bond acceptors (Lipinski definition) is 4. The maximum absolute atomic E-state index is 13.0. The molecule has 0 spiro atoms. The summed E-state index contributed by atoms with van der Waals surface area (Å²) in [4.78, 5) is 28.1. The SMILES string of the molecule is COCCN(Cc1cccs1)C(=O)[C@H]1CC(=O)c2ccccc21. The molecule has 1 aliphatic carbocycles. The van der Waals surface area contributed by atoms with Gasteiger partial charge in [-0.2, -0.15) is 0 Å². The van der Waals surface area contributed by atoms with Crippen LogP contribution in [0.2, 0.25) is 0 Å². The van der Waals surface area contributed by atoms with E-state index in [0.29, 0.717) is 25.3 Å². The summed E-state index contributed by atoms with van der Waals surface area (Å²) in [5.41, 5.74) is 1.55. The molecule has 3 rings (SSSR count). The molecule has 1 aromatic heterocycles. The molecule has 1 atom stereocenters. The van der Waals surface area contributed by atoms with Crippen molar-refractivity contribution in [2.24, 2.45) is 0 Å². The Kier molecular flexibility index (Phi) is 4.88. The lowest BCUT2D eigenvalue weighted by Gasteiger charge is -2.25. The fourth-order valence-corrected chi connectivity index (χ4v) is 3.68. The van der Waals surface area contributed by atoms with Crippen molar-refractivity contribution in [3.63, 3.8) is 0 Å². The molecule has 4 nitrogen and oxygen atoms in total. The zero-order valence-electron chi connectivity index (χ0n) is 13.0. The second kappa shape index (κ2) is 7.06. The average Bonchev–Trinajstić information content (AvgIpc) is 3.19. The standard InChI is InChI=1S/C18H19NO3S/c1-22-9-8-19(12-13-5-4-10-23-13)18(21)16-11-17(20)15-7-3-2-6-14(15)16/h2-7,10,16H,8-9,11-12H2,1H3/t16-/m0/s1. The largest absolute Gasteiger partial charge is 0.383 e. The number of fused-ring (bicyclic) bond motifs is 1. The summed E-state index contributed by atoms with van der Waals surface area (Å²) < 4.78 is 5.14. The number of Topliss-reactive ketones (excluding diaryl/α,β-unsaturated/α-hetero) is 1. The Bertz CT molecular complexity index is 696. The lowest BCUT2D eigenvalue weighted by Crippen LogP contribution is -2.36. The van der Waals surface area contributed by atoms with E-state index in [-0.39, 0.29) is 24.0 Å². The van der Waals surface area contributed by atoms with E-state index in [1.165, 1.54) is 0 Å². The van der Waals surface area contributed by atoms with Crippen LogP contribution in [0.25, 0.3) is 0 Å². The van der Waals surface area contributed by atoms with Gasteiger partial charge in [-0.1, -0.05) is 30.3 Å². The Balaban J connectivity index is 1.82. The minimum absolute atomic E-state index is 0.00810. The first-order valence-electron chi connectivity index (χ1n) is 7.63. The Morgan fingerprint density at radius 2 is 2.13 bits per heavy atom. The fraction of sp³-hybridized carbons (Fsp3) is 0.333. The van der Waals surface area contributed by atoms with E-state index in [9.17, 15) is 9.59 Å². The zero-order valence-corrected chi connectivity index (χ0v) is 13.8. The number of hydrogen-bond donors (Lipinski definition) is 0. The number of ether oxygens (including phenoxy) is 1. The van der Waals surface area contributed by atoms with Crippen LogP contribution >= 0.6 is 11.3 Å². The second-order valence-electron chi connectivity index (χ2n) is 5.60. The van der Waals surface area contributed by atoms with E-state index in [4.69, 9.17) is 4.74 Å². The van der Waals surface area contributed by atoms with E-state index >= 15 is 0 Å². The van der Waals surface area contributed by atoms with Crippen molar-refractivity contribution >= 4 is 23.0 Å². The van der Waals surface area contributed by atoms with Crippen LogP contribution in [0.1, 0.15) is 33.1 Å². The van der Waals surface area contributed by atoms with Crippen molar-refractivity contribution in [2.45, 2.75) is 18.9 Å². The van der Waals surface area contributed by atoms with Crippen molar-refractivity contribution in [1.29, 1.82) is 0 Å². The van der Waals surface area contributed by atoms with E-state index in [2.05, 4.69) is 0 Å². The molecule has 0 unspecified atom stereocenters. The van der Waals surface area contributed by atoms with Crippen LogP contribution in [0.3, 0.4) is 0 Å². The number of carbonyl (C=O) groups is 2. The van der Waals surface area contributed by atoms with Gasteiger partial charge in [0, 0.05) is 30.5 Å². The molecular weight excluding hydrogens is 310 g/mol. The van der Waals surface area contributed by atoms with Crippen LogP contribution in [0.5, 0.6) is 0 Å². The smallest absolute Gasteiger partial charge is 0.231 e. The van der Waals surface area contributed by atoms with Gasteiger partial charge in [-0.3, -0.25) is 9.59 Å². The number of rotatable bonds is 6. The van der Waals surface area contributed by atoms with Gasteiger partial charge in [-0.15, -0.1) is 11.3 Å². The van der Waals surface area contributed by atoms with Crippen molar-refractivity contribution in [1.82, 2.24) is 4.90 Å². The molecular formula is C18H19NO3S. The monoisotopic (exact) mass is 329 g/mol. The predicted octanol–water partition coefficient (Wildman–Crippen LogP) is 3.09. The van der Waals surface area contributed by atoms with Gasteiger partial charge in [0.1, 0.15) is 0 Å². The molecule has 5 heteroatoms. The third-order valence-electron chi connectivity index (χ3n) is 4.13. The maximum Gasteiger partial charge on any atom is 0.231 e. The normalized spacial score (nSPS) is 16.4. The lowest BCUT2D eigenvalue weighted by atomic mass is 10.00. The minimum atomic E-state index is -0.365. The Morgan fingerprint density at radius 3 is 2.87 bits per heavy atom. The molecule has 0 radical (unpaired) electrons. The maximum atomic E-state index is 13.0. The van der Waals surface area contributed by atoms with Crippen LogP contribution in [-0.2, 0) is 16.1 Å². The molecule has 0 saturated carbocycles. The molecule has 0 N–H and O–H groups in total. The van der Waals surface area contributed by atoms with Crippen LogP contribution in [0.4, 0.5) is 0 Å². The molecule has 1 amide bonds. The Hall–Kier alpha value is -1.98. The molecule has 1 heterocycles. The molecule has 120 valence electrons. The zero-order chi connectivity index (χ0) is 16.2. The summed E-state index contributed by atoms with van der Waals surface area (Å²) in [6.45, 7) is 1.58. The summed E-state index contributed by atoms with van der Waals surface area (Å²) in [7, 11) is 1.63. The van der Waals surface area contributed by atoms with Gasteiger partial charge in [0.25, 0.3) is 0 Å². The van der Waals surface area contributed by atoms with Gasteiger partial charge < -0.3 is 9.64 Å². The molecule has 23 heavy (non-hydrogen) atoms. The molecule has 1 aliphatic rings. The summed E-state index contributed by atoms with van der Waals surface area (Å²) in [6, 6.07) is 11.4. The molecule has 0 aliphatic heterocycles. The number of methoxy groups -OCH3 is 1. The summed E-state index contributed by atoms with van der Waals surface area (Å²) in [6.07, 6.45) is 0.270. The van der Waals surface area contributed by atoms with Gasteiger partial charge in [0.2, 0.25) is 5.91 Å². The Morgan fingerprint density at radius 1 is 1.30 bits per heavy atom. The van der Waals surface area contributed by atoms with Crippen LogP contribution in [-0.4, -0.2) is 36.9 Å². The Labute approximate surface area is 139 Å². The number of nitrogens with zero attached hydrogens (tertiary/aromatic N) is 1. The fourth-order valence-electron chi connectivity index (χ4n) is 2.96. The first kappa shape index (κ1) is 15.9. The highest BCUT2D eigenvalue weighted by Gasteiger charge is 2.36. The van der Waals surface area contributed by atoms with Crippen molar-refractivity contribution in [2.75, 3.05) is 20.3 Å². The summed E-state index contributed by atoms with van der Waals surface area (Å²) in [5.74, 6) is -0.300. The van der Waals surface area contributed by atoms with E-state index in [0.717, 1.165) is 10.4 Å². The first-order chi connectivity index (χ1) is 11.2. The second-order valence-corrected chi connectivity index (χ2v) is 6.63. The predicted molar refractivity (Wildman–Crippen MR) is 89.7 cm³/mol. The molecule has 0 bridgehead atoms. The van der Waals surface area contributed by atoms with Crippen LogP contribution in [0, 0.1) is 0 Å². The van der Waals surface area contributed by atoms with Crippen LogP contribution in [0.15, 0.2) is 41.8 Å². The number of carbonyl (C=O) groups excluding carboxylic acids is 2. The molecule has 0 fully saturated rings. The van der Waals surface area contributed by atoms with Crippen molar-refractivity contribution in [3.8, 4) is 0 Å². The van der Waals surface area contributed by atoms with E-state index < -0.39 is 0 Å². The third-order valence-corrected chi connectivity index (χ3v) is 4.99. The first-order valence-corrected chi connectivity index (χ1v) is 8.51. The molecule has 0 saturated heterocycles. The summed E-state index contributed by atoms with van der Waals surface area (Å²) >= 11 is 1.63. The van der Waals surface area contributed by atoms with E-state index in [1.807, 2.05) is 41.8 Å². The number of ketones is 1. The molecule has 1 aromatic carbocycles. The number of thiophene rings is 1. The average molecular weight is 329 g/mol. The highest BCUT2D eigenvalue weighted by Crippen LogP contribution is 2.34. The minimum Gasteiger partial charge on any atom is -0.383 e. The number of amides is 1. The van der Waals surface area contributed by atoms with Gasteiger partial charge >= 0.3 is 0 Å². The highest BCUT2D eigenvalue weighted by atomic mass is 32.1.